The molecule has 2 unspecified atom stereocenters. The van der Waals surface area contributed by atoms with E-state index in [4.69, 9.17) is 14.0 Å². The van der Waals surface area contributed by atoms with E-state index in [1.54, 1.807) is 12.1 Å². The first-order valence-electron chi connectivity index (χ1n) is 10.9. The van der Waals surface area contributed by atoms with Crippen LogP contribution in [0.25, 0.3) is 0 Å². The van der Waals surface area contributed by atoms with Crippen LogP contribution in [0.1, 0.15) is 51.3 Å². The summed E-state index contributed by atoms with van der Waals surface area (Å²) in [6.45, 7) is 8.32. The molecule has 32 heavy (non-hydrogen) atoms. The average Bonchev–Trinajstić information content (AvgIpc) is 2.99. The first-order valence-corrected chi connectivity index (χ1v) is 10.9. The molecule has 8 heteroatoms. The molecule has 3 rings (SSSR count). The van der Waals surface area contributed by atoms with E-state index in [-0.39, 0.29) is 19.6 Å². The number of alkyl carbamates (subject to hydrolysis) is 1. The van der Waals surface area contributed by atoms with Gasteiger partial charge in [-0.3, -0.25) is 0 Å². The van der Waals surface area contributed by atoms with Gasteiger partial charge in [0.2, 0.25) is 0 Å². The highest BCUT2D eigenvalue weighted by Gasteiger charge is 2.51. The van der Waals surface area contributed by atoms with Crippen LogP contribution in [0.5, 0.6) is 0 Å². The van der Waals surface area contributed by atoms with E-state index in [1.165, 1.54) is 0 Å². The molecule has 0 spiro atoms. The molecule has 2 aromatic rings. The molecule has 0 aromatic heterocycles. The summed E-state index contributed by atoms with van der Waals surface area (Å²) >= 11 is 0. The van der Waals surface area contributed by atoms with Gasteiger partial charge in [0.1, 0.15) is 12.7 Å². The molecular formula is C24H32BNO6. The van der Waals surface area contributed by atoms with E-state index in [0.717, 1.165) is 11.0 Å². The molecule has 1 saturated heterocycles. The molecule has 1 amide bonds. The van der Waals surface area contributed by atoms with E-state index < -0.39 is 36.6 Å². The number of benzene rings is 2. The summed E-state index contributed by atoms with van der Waals surface area (Å²) in [5, 5.41) is 23.4. The fraction of sp³-hybridized carbons (Fsp3) is 0.458. The summed E-state index contributed by atoms with van der Waals surface area (Å²) in [6.07, 6.45) is -2.50. The van der Waals surface area contributed by atoms with Crippen LogP contribution in [0.4, 0.5) is 4.79 Å². The van der Waals surface area contributed by atoms with Gasteiger partial charge in [0.05, 0.1) is 17.3 Å². The monoisotopic (exact) mass is 441 g/mol. The number of hydrogen-bond acceptors (Lipinski definition) is 6. The Morgan fingerprint density at radius 2 is 1.59 bits per heavy atom. The molecule has 0 bridgehead atoms. The Bertz CT molecular complexity index is 871. The molecule has 2 aromatic carbocycles. The van der Waals surface area contributed by atoms with Crippen molar-refractivity contribution in [3.63, 3.8) is 0 Å². The van der Waals surface area contributed by atoms with Crippen LogP contribution in [-0.2, 0) is 20.7 Å². The minimum Gasteiger partial charge on any atom is -0.445 e. The Kier molecular flexibility index (Phi) is 7.61. The van der Waals surface area contributed by atoms with Crippen molar-refractivity contribution >= 4 is 18.7 Å². The predicted molar refractivity (Wildman–Crippen MR) is 122 cm³/mol. The highest BCUT2D eigenvalue weighted by Crippen LogP contribution is 2.36. The Hall–Kier alpha value is -2.39. The Labute approximate surface area is 189 Å². The smallest absolute Gasteiger partial charge is 0.445 e. The van der Waals surface area contributed by atoms with Crippen molar-refractivity contribution in [3.8, 4) is 0 Å². The van der Waals surface area contributed by atoms with Crippen molar-refractivity contribution in [3.05, 3.63) is 65.7 Å². The van der Waals surface area contributed by atoms with E-state index in [2.05, 4.69) is 5.32 Å². The lowest BCUT2D eigenvalue weighted by Crippen LogP contribution is -2.41. The van der Waals surface area contributed by atoms with Crippen molar-refractivity contribution < 1.29 is 29.1 Å². The molecular weight excluding hydrogens is 409 g/mol. The summed E-state index contributed by atoms with van der Waals surface area (Å²) in [4.78, 5) is 11.8. The number of aliphatic hydroxyl groups excluding tert-OH is 2. The van der Waals surface area contributed by atoms with Gasteiger partial charge in [0.15, 0.2) is 0 Å². The Morgan fingerprint density at radius 1 is 1.00 bits per heavy atom. The maximum atomic E-state index is 11.8. The van der Waals surface area contributed by atoms with Crippen molar-refractivity contribution in [1.29, 1.82) is 0 Å². The number of carbonyl (C=O) groups excluding carboxylic acids is 1. The SMILES string of the molecule is CC1(C)OB(c2ccc(C(O)C(O)CCNC(=O)OCc3ccccc3)cc2)OC1(C)C. The molecule has 2 atom stereocenters. The lowest BCUT2D eigenvalue weighted by Gasteiger charge is -2.32. The van der Waals surface area contributed by atoms with Crippen LogP contribution in [-0.4, -0.2) is 47.3 Å². The second-order valence-corrected chi connectivity index (χ2v) is 9.04. The summed E-state index contributed by atoms with van der Waals surface area (Å²) in [5.41, 5.74) is 1.45. The largest absolute Gasteiger partial charge is 0.494 e. The molecule has 3 N–H and O–H groups in total. The topological polar surface area (TPSA) is 97.2 Å². The van der Waals surface area contributed by atoms with Gasteiger partial charge >= 0.3 is 13.2 Å². The van der Waals surface area contributed by atoms with E-state index in [9.17, 15) is 15.0 Å². The Balaban J connectivity index is 1.44. The van der Waals surface area contributed by atoms with E-state index in [1.807, 2.05) is 70.2 Å². The van der Waals surface area contributed by atoms with Gasteiger partial charge in [-0.25, -0.2) is 4.79 Å². The zero-order valence-corrected chi connectivity index (χ0v) is 19.1. The minimum atomic E-state index is -1.08. The number of ether oxygens (including phenoxy) is 1. The number of carbonyl (C=O) groups is 1. The normalized spacial score (nSPS) is 18.8. The van der Waals surface area contributed by atoms with E-state index in [0.29, 0.717) is 5.56 Å². The van der Waals surface area contributed by atoms with Crippen LogP contribution in [0.3, 0.4) is 0 Å². The third kappa shape index (κ3) is 5.89. The zero-order chi connectivity index (χ0) is 23.4. The highest BCUT2D eigenvalue weighted by atomic mass is 16.7. The zero-order valence-electron chi connectivity index (χ0n) is 19.1. The van der Waals surface area contributed by atoms with Crippen LogP contribution in [0.2, 0.25) is 0 Å². The number of rotatable bonds is 8. The van der Waals surface area contributed by atoms with Gasteiger partial charge in [-0.15, -0.1) is 0 Å². The van der Waals surface area contributed by atoms with Gasteiger partial charge in [-0.05, 0) is 50.7 Å². The van der Waals surface area contributed by atoms with Gasteiger partial charge in [0, 0.05) is 6.54 Å². The standard InChI is InChI=1S/C24H32BNO6/c1-23(2)24(3,4)32-25(31-23)19-12-10-18(11-13-19)21(28)20(27)14-15-26-22(29)30-16-17-8-6-5-7-9-17/h5-13,20-21,27-28H,14-16H2,1-4H3,(H,26,29). The molecule has 0 saturated carbocycles. The fourth-order valence-electron chi connectivity index (χ4n) is 3.31. The second-order valence-electron chi connectivity index (χ2n) is 9.04. The Morgan fingerprint density at radius 3 is 2.19 bits per heavy atom. The van der Waals surface area contributed by atoms with Crippen LogP contribution in [0, 0.1) is 0 Å². The quantitative estimate of drug-likeness (QED) is 0.545. The van der Waals surface area contributed by atoms with Crippen LogP contribution in [0.15, 0.2) is 54.6 Å². The number of aliphatic hydroxyl groups is 2. The summed E-state index contributed by atoms with van der Waals surface area (Å²) in [7, 11) is -0.484. The summed E-state index contributed by atoms with van der Waals surface area (Å²) in [6, 6.07) is 16.5. The van der Waals surface area contributed by atoms with Crippen LogP contribution < -0.4 is 10.8 Å². The minimum absolute atomic E-state index is 0.174. The lowest BCUT2D eigenvalue weighted by molar-refractivity contribution is 0.00578. The summed E-state index contributed by atoms with van der Waals surface area (Å²) in [5.74, 6) is 0. The molecule has 0 aliphatic carbocycles. The molecule has 1 heterocycles. The molecule has 7 nitrogen and oxygen atoms in total. The first-order chi connectivity index (χ1) is 15.1. The second kappa shape index (κ2) is 10.0. The molecule has 0 radical (unpaired) electrons. The number of amides is 1. The number of hydrogen-bond donors (Lipinski definition) is 3. The molecule has 1 aliphatic rings. The van der Waals surface area contributed by atoms with Gasteiger partial charge in [-0.1, -0.05) is 54.6 Å². The molecule has 172 valence electrons. The van der Waals surface area contributed by atoms with Crippen molar-refractivity contribution in [2.75, 3.05) is 6.54 Å². The first kappa shape index (κ1) is 24.3. The average molecular weight is 441 g/mol. The molecule has 1 fully saturated rings. The van der Waals surface area contributed by atoms with E-state index >= 15 is 0 Å². The third-order valence-corrected chi connectivity index (χ3v) is 6.09. The highest BCUT2D eigenvalue weighted by molar-refractivity contribution is 6.62. The lowest BCUT2D eigenvalue weighted by atomic mass is 9.78. The van der Waals surface area contributed by atoms with Crippen molar-refractivity contribution in [2.45, 2.75) is 64.1 Å². The maximum Gasteiger partial charge on any atom is 0.494 e. The number of nitrogens with one attached hydrogen (secondary N) is 1. The summed E-state index contributed by atoms with van der Waals surface area (Å²) < 4.78 is 17.2. The maximum absolute atomic E-state index is 11.8. The van der Waals surface area contributed by atoms with Gasteiger partial charge in [0.25, 0.3) is 0 Å². The predicted octanol–water partition coefficient (Wildman–Crippen LogP) is 2.70. The van der Waals surface area contributed by atoms with Crippen LogP contribution >= 0.6 is 0 Å². The van der Waals surface area contributed by atoms with Crippen molar-refractivity contribution in [2.24, 2.45) is 0 Å². The van der Waals surface area contributed by atoms with Gasteiger partial charge < -0.3 is 29.6 Å². The fourth-order valence-corrected chi connectivity index (χ4v) is 3.31. The van der Waals surface area contributed by atoms with Crippen molar-refractivity contribution in [1.82, 2.24) is 5.32 Å². The van der Waals surface area contributed by atoms with Gasteiger partial charge in [-0.2, -0.15) is 0 Å². The third-order valence-electron chi connectivity index (χ3n) is 6.09. The molecule has 1 aliphatic heterocycles.